The van der Waals surface area contributed by atoms with Crippen molar-refractivity contribution >= 4 is 11.8 Å². The van der Waals surface area contributed by atoms with E-state index in [1.54, 1.807) is 0 Å². The lowest BCUT2D eigenvalue weighted by atomic mass is 9.47. The van der Waals surface area contributed by atoms with Gasteiger partial charge in [-0.05, 0) is 61.7 Å². The zero-order valence-electron chi connectivity index (χ0n) is 25.7. The van der Waals surface area contributed by atoms with Gasteiger partial charge in [-0.2, -0.15) is 0 Å². The first-order chi connectivity index (χ1) is 20.4. The molecule has 1 unspecified atom stereocenters. The Morgan fingerprint density at radius 3 is 2.19 bits per heavy atom. The number of piperidine rings is 1. The molecular weight excluding hydrogens is 540 g/mol. The van der Waals surface area contributed by atoms with Crippen LogP contribution in [-0.2, 0) is 38.0 Å². The Morgan fingerprint density at radius 1 is 0.857 bits per heavy atom. The van der Waals surface area contributed by atoms with Gasteiger partial charge in [-0.15, -0.1) is 0 Å². The third-order valence-electron chi connectivity index (χ3n) is 10.8. The lowest BCUT2D eigenvalue weighted by Crippen LogP contribution is -2.61. The van der Waals surface area contributed by atoms with Crippen molar-refractivity contribution in [1.29, 1.82) is 0 Å². The summed E-state index contributed by atoms with van der Waals surface area (Å²) in [6.45, 7) is 10.3. The minimum Gasteiger partial charge on any atom is -0.377 e. The van der Waals surface area contributed by atoms with Crippen LogP contribution in [0, 0.1) is 28.6 Å². The lowest BCUT2D eigenvalue weighted by molar-refractivity contribution is -0.136. The van der Waals surface area contributed by atoms with Gasteiger partial charge in [0.05, 0.1) is 78.8 Å². The van der Waals surface area contributed by atoms with E-state index in [1.165, 1.54) is 0 Å². The van der Waals surface area contributed by atoms with E-state index in [0.29, 0.717) is 109 Å². The monoisotopic (exact) mass is 592 g/mol. The van der Waals surface area contributed by atoms with Crippen LogP contribution in [0.4, 0.5) is 0 Å². The van der Waals surface area contributed by atoms with Gasteiger partial charge in [0, 0.05) is 30.0 Å². The van der Waals surface area contributed by atoms with Gasteiger partial charge >= 0.3 is 0 Å². The maximum atomic E-state index is 13.6. The van der Waals surface area contributed by atoms with Gasteiger partial charge in [-0.1, -0.05) is 19.9 Å². The summed E-state index contributed by atoms with van der Waals surface area (Å²) in [5.41, 5.74) is 0.993. The Bertz CT molecular complexity index is 927. The minimum absolute atomic E-state index is 0.0167. The fourth-order valence-electron chi connectivity index (χ4n) is 8.46. The van der Waals surface area contributed by atoms with Crippen molar-refractivity contribution in [1.82, 2.24) is 10.6 Å². The van der Waals surface area contributed by atoms with Gasteiger partial charge in [0.2, 0.25) is 11.8 Å². The molecule has 5 rings (SSSR count). The van der Waals surface area contributed by atoms with Crippen LogP contribution in [0.2, 0.25) is 0 Å². The average molecular weight is 593 g/mol. The number of fused-ring (bicyclic) bond motifs is 5. The second-order valence-electron chi connectivity index (χ2n) is 13.1. The summed E-state index contributed by atoms with van der Waals surface area (Å²) in [6.07, 6.45) is 8.82. The van der Waals surface area contributed by atoms with E-state index in [0.717, 1.165) is 44.1 Å². The van der Waals surface area contributed by atoms with Gasteiger partial charge < -0.3 is 39.1 Å². The predicted molar refractivity (Wildman–Crippen MR) is 156 cm³/mol. The molecule has 0 bridgehead atoms. The van der Waals surface area contributed by atoms with Crippen molar-refractivity contribution in [2.45, 2.75) is 70.9 Å². The Balaban J connectivity index is 1.13. The molecule has 42 heavy (non-hydrogen) atoms. The zero-order chi connectivity index (χ0) is 29.4. The topological polar surface area (TPSA) is 114 Å². The average Bonchev–Trinajstić information content (AvgIpc) is 3.34. The van der Waals surface area contributed by atoms with Gasteiger partial charge in [-0.3, -0.25) is 9.59 Å². The van der Waals surface area contributed by atoms with Crippen molar-refractivity contribution in [3.8, 4) is 0 Å². The largest absolute Gasteiger partial charge is 0.377 e. The standard InChI is InChI=1S/C32H52N2O8/c1-31-9-7-26-24(3-6-28-32(26,2)10-8-29(35)34-28)25(31)4-5-27(31)30(36)33-21-23-22-41-18-17-39-14-13-37-11-12-38-15-16-40-19-20-42-23/h5,23-26,28H,3-4,6-22H2,1-2H3,(H,33,36)(H,34,35)/t23?,24-,25-,26-,28+,31-,32+/m0/s1. The second-order valence-corrected chi connectivity index (χ2v) is 13.1. The van der Waals surface area contributed by atoms with Crippen LogP contribution in [0.5, 0.6) is 0 Å². The molecule has 2 amide bonds. The van der Waals surface area contributed by atoms with Crippen molar-refractivity contribution in [2.75, 3.05) is 79.2 Å². The number of hydrogen-bond acceptors (Lipinski definition) is 8. The molecule has 0 aromatic carbocycles. The molecule has 0 aromatic rings. The van der Waals surface area contributed by atoms with Crippen LogP contribution in [0.25, 0.3) is 0 Å². The molecule has 238 valence electrons. The number of ether oxygens (including phenoxy) is 6. The number of carbonyl (C=O) groups excluding carboxylic acids is 2. The summed E-state index contributed by atoms with van der Waals surface area (Å²) in [7, 11) is 0. The third-order valence-corrected chi connectivity index (χ3v) is 10.8. The molecule has 10 nitrogen and oxygen atoms in total. The van der Waals surface area contributed by atoms with E-state index < -0.39 is 0 Å². The van der Waals surface area contributed by atoms with E-state index in [2.05, 4.69) is 30.6 Å². The summed E-state index contributed by atoms with van der Waals surface area (Å²) in [6, 6.07) is 0.297. The highest BCUT2D eigenvalue weighted by Gasteiger charge is 2.59. The Kier molecular flexibility index (Phi) is 11.3. The molecule has 0 radical (unpaired) electrons. The van der Waals surface area contributed by atoms with Crippen LogP contribution in [0.15, 0.2) is 11.6 Å². The normalized spacial score (nSPS) is 39.3. The summed E-state index contributed by atoms with van der Waals surface area (Å²) in [5.74, 6) is 1.91. The van der Waals surface area contributed by atoms with E-state index in [1.807, 2.05) is 0 Å². The Labute approximate surface area is 250 Å². The fraction of sp³-hybridized carbons (Fsp3) is 0.875. The first-order valence-electron chi connectivity index (χ1n) is 16.2. The molecule has 0 spiro atoms. The highest BCUT2D eigenvalue weighted by Crippen LogP contribution is 2.64. The molecule has 4 fully saturated rings. The van der Waals surface area contributed by atoms with Gasteiger partial charge in [0.25, 0.3) is 0 Å². The molecule has 2 heterocycles. The maximum Gasteiger partial charge on any atom is 0.247 e. The predicted octanol–water partition coefficient (Wildman–Crippen LogP) is 2.64. The van der Waals surface area contributed by atoms with E-state index >= 15 is 0 Å². The molecule has 5 aliphatic rings. The summed E-state index contributed by atoms with van der Waals surface area (Å²) in [4.78, 5) is 25.7. The van der Waals surface area contributed by atoms with Gasteiger partial charge in [-0.25, -0.2) is 0 Å². The van der Waals surface area contributed by atoms with Crippen LogP contribution >= 0.6 is 0 Å². The summed E-state index contributed by atoms with van der Waals surface area (Å²) < 4.78 is 34.1. The van der Waals surface area contributed by atoms with Crippen molar-refractivity contribution in [3.63, 3.8) is 0 Å². The number of rotatable bonds is 3. The molecule has 3 aliphatic carbocycles. The maximum absolute atomic E-state index is 13.6. The van der Waals surface area contributed by atoms with Gasteiger partial charge in [0.1, 0.15) is 0 Å². The third kappa shape index (κ3) is 7.38. The van der Waals surface area contributed by atoms with Crippen LogP contribution in [-0.4, -0.2) is 103 Å². The highest BCUT2D eigenvalue weighted by molar-refractivity contribution is 5.95. The number of amides is 2. The SMILES string of the molecule is C[C@]12CCC(=O)N[C@@H]1CC[C@@H]1[C@@H]2CC[C@]2(C)C(C(=O)NCC3COCCOCCOCCOCCOCCO3)=CC[C@@H]12. The minimum atomic E-state index is -0.283. The molecule has 0 aromatic heterocycles. The second kappa shape index (κ2) is 14.9. The van der Waals surface area contributed by atoms with Crippen molar-refractivity contribution < 1.29 is 38.0 Å². The van der Waals surface area contributed by atoms with Crippen molar-refractivity contribution in [2.24, 2.45) is 28.6 Å². The molecule has 2 N–H and O–H groups in total. The smallest absolute Gasteiger partial charge is 0.247 e. The van der Waals surface area contributed by atoms with Crippen LogP contribution < -0.4 is 10.6 Å². The van der Waals surface area contributed by atoms with Crippen molar-refractivity contribution in [3.05, 3.63) is 11.6 Å². The first kappa shape index (κ1) is 31.9. The molecule has 10 heteroatoms. The number of allylic oxidation sites excluding steroid dienone is 1. The Hall–Kier alpha value is -1.56. The number of hydrogen-bond donors (Lipinski definition) is 2. The summed E-state index contributed by atoms with van der Waals surface area (Å²) >= 11 is 0. The first-order valence-corrected chi connectivity index (χ1v) is 16.2. The fourth-order valence-corrected chi connectivity index (χ4v) is 8.46. The van der Waals surface area contributed by atoms with Crippen LogP contribution in [0.1, 0.15) is 58.8 Å². The zero-order valence-corrected chi connectivity index (χ0v) is 25.7. The number of carbonyl (C=O) groups is 2. The van der Waals surface area contributed by atoms with E-state index in [4.69, 9.17) is 28.4 Å². The molecule has 2 saturated carbocycles. The Morgan fingerprint density at radius 2 is 1.50 bits per heavy atom. The molecular formula is C32H52N2O8. The molecule has 7 atom stereocenters. The number of nitrogens with one attached hydrogen (secondary N) is 2. The summed E-state index contributed by atoms with van der Waals surface area (Å²) in [5, 5.41) is 6.49. The quantitative estimate of drug-likeness (QED) is 0.515. The van der Waals surface area contributed by atoms with E-state index in [-0.39, 0.29) is 28.7 Å². The highest BCUT2D eigenvalue weighted by atomic mass is 16.6. The molecule has 2 aliphatic heterocycles. The van der Waals surface area contributed by atoms with Gasteiger partial charge in [0.15, 0.2) is 0 Å². The lowest BCUT2D eigenvalue weighted by Gasteiger charge is -2.59. The van der Waals surface area contributed by atoms with Crippen LogP contribution in [0.3, 0.4) is 0 Å². The van der Waals surface area contributed by atoms with E-state index in [9.17, 15) is 9.59 Å². The molecule has 2 saturated heterocycles.